The normalized spacial score (nSPS) is 12.6. The van der Waals surface area contributed by atoms with Gasteiger partial charge in [-0.25, -0.2) is 0 Å². The van der Waals surface area contributed by atoms with Crippen LogP contribution in [-0.2, 0) is 18.9 Å². The van der Waals surface area contributed by atoms with Crippen molar-refractivity contribution in [3.63, 3.8) is 0 Å². The molecule has 0 bridgehead atoms. The number of benzene rings is 1. The van der Waals surface area contributed by atoms with E-state index in [1.54, 1.807) is 14.1 Å². The minimum absolute atomic E-state index is 0.0228. The summed E-state index contributed by atoms with van der Waals surface area (Å²) in [5.74, 6) is 0. The average Bonchev–Trinajstić information content (AvgIpc) is 2.57. The maximum atomic E-state index is 12.9. The minimum Gasteiger partial charge on any atom is -0.379 e. The van der Waals surface area contributed by atoms with Gasteiger partial charge in [0.05, 0.1) is 11.1 Å². The van der Waals surface area contributed by atoms with E-state index >= 15 is 0 Å². The number of hydrogen-bond acceptors (Lipinski definition) is 5. The molecule has 2 aromatic rings. The Morgan fingerprint density at radius 2 is 1.29 bits per heavy atom. The van der Waals surface area contributed by atoms with E-state index in [4.69, 9.17) is 0 Å². The van der Waals surface area contributed by atoms with Crippen molar-refractivity contribution in [1.29, 1.82) is 0 Å². The number of nitrogens with zero attached hydrogens (tertiary/aromatic N) is 1. The minimum atomic E-state index is -4.96. The number of halogens is 6. The molecule has 154 valence electrons. The van der Waals surface area contributed by atoms with Crippen molar-refractivity contribution in [2.75, 3.05) is 37.8 Å². The van der Waals surface area contributed by atoms with Gasteiger partial charge in [0.25, 0.3) is 10.9 Å². The van der Waals surface area contributed by atoms with Crippen LogP contribution in [0.15, 0.2) is 27.8 Å². The Morgan fingerprint density at radius 1 is 0.821 bits per heavy atom. The average molecular weight is 409 g/mol. The van der Waals surface area contributed by atoms with Crippen LogP contribution in [0.2, 0.25) is 0 Å². The van der Waals surface area contributed by atoms with Crippen LogP contribution in [-0.4, -0.2) is 32.1 Å². The largest absolute Gasteiger partial charge is 0.416 e. The van der Waals surface area contributed by atoms with E-state index in [9.17, 15) is 35.9 Å². The van der Waals surface area contributed by atoms with E-state index in [2.05, 4.69) is 10.6 Å². The van der Waals surface area contributed by atoms with E-state index in [0.29, 0.717) is 25.2 Å². The van der Waals surface area contributed by atoms with Crippen LogP contribution in [0.3, 0.4) is 0 Å². The van der Waals surface area contributed by atoms with E-state index in [-0.39, 0.29) is 23.0 Å². The fourth-order valence-electron chi connectivity index (χ4n) is 2.45. The third-order valence-corrected chi connectivity index (χ3v) is 3.89. The fraction of sp³-hybridized carbons (Fsp3) is 0.412. The zero-order valence-corrected chi connectivity index (χ0v) is 14.9. The molecule has 0 spiro atoms. The van der Waals surface area contributed by atoms with Crippen LogP contribution in [0.1, 0.15) is 16.7 Å². The summed E-state index contributed by atoms with van der Waals surface area (Å²) in [5.41, 5.74) is -5.09. The third-order valence-electron chi connectivity index (χ3n) is 3.89. The fourth-order valence-corrected chi connectivity index (χ4v) is 2.45. The predicted octanol–water partition coefficient (Wildman–Crippen LogP) is 2.91. The summed E-state index contributed by atoms with van der Waals surface area (Å²) in [5, 5.41) is 5.19. The number of anilines is 2. The molecule has 0 unspecified atom stereocenters. The highest BCUT2D eigenvalue weighted by molar-refractivity contribution is 5.74. The standard InChI is InChI=1S/C17H17F6N3O2/c1-26(2)4-3-24-12-13(15(28)14(12)27)25-8-9-5-10(16(18,19)20)7-11(6-9)17(21,22)23/h5-7,24-25H,3-4,8H2,1-2H3. The SMILES string of the molecule is CN(C)CCNc1c(NCc2cc(C(F)(F)F)cc(C(F)(F)F)c2)c(=O)c1=O. The van der Waals surface area contributed by atoms with E-state index in [1.807, 2.05) is 4.90 Å². The first kappa shape index (κ1) is 21.7. The molecular formula is C17H17F6N3O2. The maximum Gasteiger partial charge on any atom is 0.416 e. The molecule has 2 N–H and O–H groups in total. The second-order valence-corrected chi connectivity index (χ2v) is 6.41. The predicted molar refractivity (Wildman–Crippen MR) is 92.2 cm³/mol. The van der Waals surface area contributed by atoms with Crippen LogP contribution < -0.4 is 21.5 Å². The maximum absolute atomic E-state index is 12.9. The molecule has 0 aliphatic rings. The van der Waals surface area contributed by atoms with Crippen LogP contribution in [0.5, 0.6) is 0 Å². The summed E-state index contributed by atoms with van der Waals surface area (Å²) in [6.07, 6.45) is -9.92. The number of hydrogen-bond donors (Lipinski definition) is 2. The molecule has 0 radical (unpaired) electrons. The molecule has 5 nitrogen and oxygen atoms in total. The first-order valence-corrected chi connectivity index (χ1v) is 8.05. The molecule has 0 aromatic heterocycles. The molecule has 2 rings (SSSR count). The molecule has 0 heterocycles. The lowest BCUT2D eigenvalue weighted by Gasteiger charge is -2.18. The molecule has 0 saturated carbocycles. The zero-order valence-electron chi connectivity index (χ0n) is 14.9. The van der Waals surface area contributed by atoms with Crippen LogP contribution in [0.4, 0.5) is 37.7 Å². The number of alkyl halides is 6. The van der Waals surface area contributed by atoms with Crippen molar-refractivity contribution in [3.8, 4) is 0 Å². The molecule has 0 saturated heterocycles. The summed E-state index contributed by atoms with van der Waals surface area (Å²) in [6, 6.07) is 1.15. The van der Waals surface area contributed by atoms with Crippen molar-refractivity contribution >= 4 is 11.4 Å². The molecular weight excluding hydrogens is 392 g/mol. The van der Waals surface area contributed by atoms with Gasteiger partial charge in [-0.2, -0.15) is 26.3 Å². The highest BCUT2D eigenvalue weighted by atomic mass is 19.4. The monoisotopic (exact) mass is 409 g/mol. The smallest absolute Gasteiger partial charge is 0.379 e. The quantitative estimate of drug-likeness (QED) is 0.544. The summed E-state index contributed by atoms with van der Waals surface area (Å²) in [4.78, 5) is 25.1. The van der Waals surface area contributed by atoms with Crippen LogP contribution >= 0.6 is 0 Å². The van der Waals surface area contributed by atoms with Gasteiger partial charge in [-0.05, 0) is 37.9 Å². The van der Waals surface area contributed by atoms with Gasteiger partial charge in [-0.15, -0.1) is 0 Å². The van der Waals surface area contributed by atoms with E-state index < -0.39 is 40.9 Å². The Morgan fingerprint density at radius 3 is 1.71 bits per heavy atom. The molecule has 0 aliphatic heterocycles. The Kier molecular flexibility index (Phi) is 6.07. The number of rotatable bonds is 7. The molecule has 0 aliphatic carbocycles. The Bertz CT molecular complexity index is 879. The lowest BCUT2D eigenvalue weighted by atomic mass is 10.0. The zero-order chi connectivity index (χ0) is 21.3. The van der Waals surface area contributed by atoms with Gasteiger partial charge in [0, 0.05) is 19.6 Å². The highest BCUT2D eigenvalue weighted by Gasteiger charge is 2.36. The van der Waals surface area contributed by atoms with Gasteiger partial charge in [-0.3, -0.25) is 9.59 Å². The van der Waals surface area contributed by atoms with Crippen LogP contribution in [0.25, 0.3) is 0 Å². The molecule has 0 fully saturated rings. The van der Waals surface area contributed by atoms with Crippen molar-refractivity contribution in [2.24, 2.45) is 0 Å². The van der Waals surface area contributed by atoms with Gasteiger partial charge >= 0.3 is 12.4 Å². The molecule has 2 aromatic carbocycles. The lowest BCUT2D eigenvalue weighted by Crippen LogP contribution is -2.38. The summed E-state index contributed by atoms with van der Waals surface area (Å²) in [6.45, 7) is 0.384. The summed E-state index contributed by atoms with van der Waals surface area (Å²) in [7, 11) is 3.57. The van der Waals surface area contributed by atoms with Gasteiger partial charge in [0.15, 0.2) is 0 Å². The first-order chi connectivity index (χ1) is 12.8. The number of likely N-dealkylation sites (N-methyl/N-ethyl adjacent to an activating group) is 1. The van der Waals surface area contributed by atoms with E-state index in [0.717, 1.165) is 0 Å². The Balaban J connectivity index is 2.22. The van der Waals surface area contributed by atoms with E-state index in [1.165, 1.54) is 0 Å². The third kappa shape index (κ3) is 5.03. The van der Waals surface area contributed by atoms with Crippen molar-refractivity contribution in [1.82, 2.24) is 4.90 Å². The second kappa shape index (κ2) is 7.82. The van der Waals surface area contributed by atoms with Crippen molar-refractivity contribution < 1.29 is 26.3 Å². The molecule has 11 heteroatoms. The van der Waals surface area contributed by atoms with Gasteiger partial charge in [0.2, 0.25) is 0 Å². The summed E-state index contributed by atoms with van der Waals surface area (Å²) >= 11 is 0. The van der Waals surface area contributed by atoms with Crippen molar-refractivity contribution in [2.45, 2.75) is 18.9 Å². The number of nitrogens with one attached hydrogen (secondary N) is 2. The summed E-state index contributed by atoms with van der Waals surface area (Å²) < 4.78 is 77.3. The second-order valence-electron chi connectivity index (χ2n) is 6.41. The van der Waals surface area contributed by atoms with Gasteiger partial charge < -0.3 is 15.5 Å². The van der Waals surface area contributed by atoms with Crippen molar-refractivity contribution in [3.05, 3.63) is 55.3 Å². The Labute approximate surface area is 155 Å². The topological polar surface area (TPSA) is 61.4 Å². The van der Waals surface area contributed by atoms with Crippen LogP contribution in [0, 0.1) is 0 Å². The van der Waals surface area contributed by atoms with Gasteiger partial charge in [-0.1, -0.05) is 0 Å². The molecule has 0 amide bonds. The Hall–Kier alpha value is -2.56. The lowest BCUT2D eigenvalue weighted by molar-refractivity contribution is -0.143. The highest BCUT2D eigenvalue weighted by Crippen LogP contribution is 2.36. The molecule has 28 heavy (non-hydrogen) atoms. The van der Waals surface area contributed by atoms with Gasteiger partial charge in [0.1, 0.15) is 11.4 Å². The first-order valence-electron chi connectivity index (χ1n) is 8.05. The molecule has 0 atom stereocenters.